The maximum Gasteiger partial charge on any atom is 0.225 e. The molecule has 1 atom stereocenters. The normalized spacial score (nSPS) is 14.4. The molecule has 0 radical (unpaired) electrons. The van der Waals surface area contributed by atoms with E-state index in [0.29, 0.717) is 12.2 Å². The van der Waals surface area contributed by atoms with Gasteiger partial charge < -0.3 is 0 Å². The predicted molar refractivity (Wildman–Crippen MR) is 58.2 cm³/mol. The van der Waals surface area contributed by atoms with Crippen molar-refractivity contribution in [2.45, 2.75) is 25.0 Å². The van der Waals surface area contributed by atoms with Gasteiger partial charge >= 0.3 is 0 Å². The van der Waals surface area contributed by atoms with Crippen LogP contribution in [0.2, 0.25) is 0 Å². The summed E-state index contributed by atoms with van der Waals surface area (Å²) >= 11 is 1.28. The molecule has 0 aliphatic carbocycles. The average Bonchev–Trinajstić information content (AvgIpc) is 2.12. The summed E-state index contributed by atoms with van der Waals surface area (Å²) in [6, 6.07) is 0. The van der Waals surface area contributed by atoms with E-state index >= 15 is 0 Å². The molecular weight excluding hydrogens is 202 g/mol. The zero-order chi connectivity index (χ0) is 11.2. The molecular formula is C9H15NO3S. The lowest BCUT2D eigenvalue weighted by atomic mass is 10.0. The van der Waals surface area contributed by atoms with Crippen LogP contribution in [-0.4, -0.2) is 27.8 Å². The average molecular weight is 217 g/mol. The highest BCUT2D eigenvalue weighted by Crippen LogP contribution is 2.27. The number of nitrogens with zero attached hydrogens (tertiary/aromatic N) is 1. The van der Waals surface area contributed by atoms with Crippen LogP contribution in [0.3, 0.4) is 0 Å². The van der Waals surface area contributed by atoms with Gasteiger partial charge in [0, 0.05) is 17.1 Å². The molecule has 0 saturated heterocycles. The third-order valence-corrected chi connectivity index (χ3v) is 3.26. The molecule has 0 N–H and O–H groups in total. The molecule has 0 rings (SSSR count). The highest BCUT2D eigenvalue weighted by atomic mass is 32.2. The second-order valence-corrected chi connectivity index (χ2v) is 4.62. The van der Waals surface area contributed by atoms with Gasteiger partial charge in [-0.1, -0.05) is 13.0 Å². The van der Waals surface area contributed by atoms with E-state index in [0.717, 1.165) is 0 Å². The Bertz CT molecular complexity index is 242. The van der Waals surface area contributed by atoms with Crippen LogP contribution in [0.4, 0.5) is 0 Å². The number of ketones is 1. The first-order valence-corrected chi connectivity index (χ1v) is 5.34. The van der Waals surface area contributed by atoms with E-state index in [4.69, 9.17) is 0 Å². The number of hydrogen-bond acceptors (Lipinski definition) is 4. The van der Waals surface area contributed by atoms with Gasteiger partial charge in [0.1, 0.15) is 4.75 Å². The fourth-order valence-corrected chi connectivity index (χ4v) is 2.07. The van der Waals surface area contributed by atoms with Crippen LogP contribution in [0.15, 0.2) is 12.7 Å². The summed E-state index contributed by atoms with van der Waals surface area (Å²) in [6.45, 7) is 6.54. The third-order valence-electron chi connectivity index (χ3n) is 1.86. The molecule has 0 fully saturated rings. The first-order chi connectivity index (χ1) is 6.46. The van der Waals surface area contributed by atoms with Crippen molar-refractivity contribution in [1.29, 1.82) is 0 Å². The minimum absolute atomic E-state index is 0.0824. The minimum Gasteiger partial charge on any atom is -0.298 e. The Morgan fingerprint density at radius 3 is 2.64 bits per heavy atom. The lowest BCUT2D eigenvalue weighted by Crippen LogP contribution is -2.39. The van der Waals surface area contributed by atoms with Crippen LogP contribution < -0.4 is 0 Å². The van der Waals surface area contributed by atoms with Crippen molar-refractivity contribution in [3.8, 4) is 0 Å². The van der Waals surface area contributed by atoms with E-state index in [1.54, 1.807) is 19.9 Å². The van der Waals surface area contributed by atoms with E-state index < -0.39 is 9.67 Å². The number of Topliss-reactive ketones (excluding diaryl/α,β-unsaturated/α-hetero) is 1. The predicted octanol–water partition coefficient (Wildman–Crippen LogP) is 1.92. The van der Waals surface area contributed by atoms with Crippen molar-refractivity contribution in [3.63, 3.8) is 0 Å². The van der Waals surface area contributed by atoms with E-state index in [9.17, 15) is 14.9 Å². The summed E-state index contributed by atoms with van der Waals surface area (Å²) < 4.78 is -0.910. The Morgan fingerprint density at radius 2 is 2.29 bits per heavy atom. The first-order valence-electron chi connectivity index (χ1n) is 4.36. The molecule has 0 aromatic rings. The summed E-state index contributed by atoms with van der Waals surface area (Å²) in [5.74, 6) is 0.469. The van der Waals surface area contributed by atoms with Gasteiger partial charge in [0.05, 0.1) is 0 Å². The highest BCUT2D eigenvalue weighted by Gasteiger charge is 2.37. The van der Waals surface area contributed by atoms with Crippen molar-refractivity contribution < 1.29 is 9.72 Å². The standard InChI is InChI=1S/C9H15NO3S/c1-4-6-14-9(3,7-10(12)13)8(11)5-2/h4H,1,5-7H2,2-3H3. The Kier molecular flexibility index (Phi) is 5.45. The highest BCUT2D eigenvalue weighted by molar-refractivity contribution is 8.01. The topological polar surface area (TPSA) is 60.2 Å². The van der Waals surface area contributed by atoms with Crippen molar-refractivity contribution in [2.24, 2.45) is 0 Å². The summed E-state index contributed by atoms with van der Waals surface area (Å²) in [6.07, 6.45) is 1.97. The van der Waals surface area contributed by atoms with Gasteiger partial charge in [-0.2, -0.15) is 0 Å². The molecule has 0 spiro atoms. The van der Waals surface area contributed by atoms with Gasteiger partial charge in [-0.25, -0.2) is 0 Å². The summed E-state index contributed by atoms with van der Waals surface area (Å²) in [5.41, 5.74) is 0. The molecule has 80 valence electrons. The maximum atomic E-state index is 11.5. The van der Waals surface area contributed by atoms with Gasteiger partial charge in [-0.05, 0) is 6.92 Å². The van der Waals surface area contributed by atoms with E-state index in [1.165, 1.54) is 11.8 Å². The smallest absolute Gasteiger partial charge is 0.225 e. The fraction of sp³-hybridized carbons (Fsp3) is 0.667. The number of nitro groups is 1. The quantitative estimate of drug-likeness (QED) is 0.371. The maximum absolute atomic E-state index is 11.5. The van der Waals surface area contributed by atoms with Gasteiger partial charge in [-0.3, -0.25) is 14.9 Å². The van der Waals surface area contributed by atoms with E-state index in [1.807, 2.05) is 0 Å². The Morgan fingerprint density at radius 1 is 1.71 bits per heavy atom. The number of hydrogen-bond donors (Lipinski definition) is 0. The minimum atomic E-state index is -0.910. The first kappa shape index (κ1) is 13.2. The fourth-order valence-electron chi connectivity index (χ4n) is 1.08. The van der Waals surface area contributed by atoms with Crippen molar-refractivity contribution >= 4 is 17.5 Å². The van der Waals surface area contributed by atoms with Gasteiger partial charge in [0.25, 0.3) is 0 Å². The molecule has 0 bridgehead atoms. The SMILES string of the molecule is C=CCSC(C)(C[N+](=O)[O-])C(=O)CC. The second kappa shape index (κ2) is 5.80. The van der Waals surface area contributed by atoms with Crippen LogP contribution in [0.5, 0.6) is 0 Å². The Balaban J connectivity index is 4.55. The molecule has 4 nitrogen and oxygen atoms in total. The second-order valence-electron chi connectivity index (χ2n) is 3.10. The monoisotopic (exact) mass is 217 g/mol. The van der Waals surface area contributed by atoms with E-state index in [2.05, 4.69) is 6.58 Å². The molecule has 0 aliphatic rings. The number of rotatable bonds is 7. The molecule has 0 aromatic carbocycles. The van der Waals surface area contributed by atoms with Crippen molar-refractivity contribution in [1.82, 2.24) is 0 Å². The zero-order valence-electron chi connectivity index (χ0n) is 8.49. The van der Waals surface area contributed by atoms with Gasteiger partial charge in [-0.15, -0.1) is 18.3 Å². The van der Waals surface area contributed by atoms with Crippen molar-refractivity contribution in [2.75, 3.05) is 12.3 Å². The van der Waals surface area contributed by atoms with Crippen LogP contribution in [0.25, 0.3) is 0 Å². The molecule has 0 aromatic heterocycles. The van der Waals surface area contributed by atoms with Crippen molar-refractivity contribution in [3.05, 3.63) is 22.8 Å². The lowest BCUT2D eigenvalue weighted by molar-refractivity contribution is -0.482. The van der Waals surface area contributed by atoms with Crippen LogP contribution in [-0.2, 0) is 4.79 Å². The lowest BCUT2D eigenvalue weighted by Gasteiger charge is -2.21. The molecule has 0 aliphatic heterocycles. The van der Waals surface area contributed by atoms with Crippen LogP contribution in [0.1, 0.15) is 20.3 Å². The molecule has 0 amide bonds. The van der Waals surface area contributed by atoms with E-state index in [-0.39, 0.29) is 12.3 Å². The molecule has 1 unspecified atom stereocenters. The largest absolute Gasteiger partial charge is 0.298 e. The Hall–Kier alpha value is -0.840. The molecule has 0 heterocycles. The third kappa shape index (κ3) is 3.91. The van der Waals surface area contributed by atoms with Crippen LogP contribution >= 0.6 is 11.8 Å². The molecule has 0 saturated carbocycles. The summed E-state index contributed by atoms with van der Waals surface area (Å²) in [4.78, 5) is 21.5. The molecule has 14 heavy (non-hydrogen) atoms. The number of thioether (sulfide) groups is 1. The van der Waals surface area contributed by atoms with Crippen LogP contribution in [0, 0.1) is 10.1 Å². The Labute approximate surface area is 87.9 Å². The van der Waals surface area contributed by atoms with Gasteiger partial charge in [0.15, 0.2) is 5.78 Å². The number of carbonyl (C=O) groups excluding carboxylic acids is 1. The summed E-state index contributed by atoms with van der Waals surface area (Å²) in [7, 11) is 0. The van der Waals surface area contributed by atoms with Gasteiger partial charge in [0.2, 0.25) is 6.54 Å². The summed E-state index contributed by atoms with van der Waals surface area (Å²) in [5, 5.41) is 10.4. The molecule has 5 heteroatoms. The number of carbonyl (C=O) groups is 1. The zero-order valence-corrected chi connectivity index (χ0v) is 9.30.